The van der Waals surface area contributed by atoms with Gasteiger partial charge in [-0.05, 0) is 38.6 Å². The number of amides is 1. The fourth-order valence-electron chi connectivity index (χ4n) is 3.38. The van der Waals surface area contributed by atoms with Crippen molar-refractivity contribution in [2.24, 2.45) is 0 Å². The molecule has 1 saturated carbocycles. The van der Waals surface area contributed by atoms with Gasteiger partial charge in [-0.1, -0.05) is 6.42 Å². The van der Waals surface area contributed by atoms with E-state index in [2.05, 4.69) is 9.80 Å². The Bertz CT molecular complexity index is 275. The monoisotopic (exact) mass is 222 g/mol. The summed E-state index contributed by atoms with van der Waals surface area (Å²) in [7, 11) is 0. The molecule has 1 amide bonds. The molecule has 1 atom stereocenters. The number of fused-ring (bicyclic) bond motifs is 1. The second-order valence-electron chi connectivity index (χ2n) is 5.57. The number of hydrogen-bond donors (Lipinski definition) is 0. The fourth-order valence-corrected chi connectivity index (χ4v) is 3.38. The summed E-state index contributed by atoms with van der Waals surface area (Å²) in [6.45, 7) is 3.32. The van der Waals surface area contributed by atoms with Crippen LogP contribution in [0.25, 0.3) is 0 Å². The first kappa shape index (κ1) is 10.6. The number of carbonyl (C=O) groups excluding carboxylic acids is 1. The van der Waals surface area contributed by atoms with Crippen LogP contribution in [0.1, 0.15) is 44.9 Å². The standard InChI is InChI=1S/C13H22N2O/c16-13-7-3-8-14(11-4-1-5-11)10-12-6-2-9-15(12)13/h11-12H,1-10H2/t12-/m1/s1. The van der Waals surface area contributed by atoms with Crippen molar-refractivity contribution >= 4 is 5.91 Å². The van der Waals surface area contributed by atoms with Crippen LogP contribution in [-0.4, -0.2) is 47.4 Å². The summed E-state index contributed by atoms with van der Waals surface area (Å²) in [5.41, 5.74) is 0. The molecule has 16 heavy (non-hydrogen) atoms. The van der Waals surface area contributed by atoms with Gasteiger partial charge < -0.3 is 4.90 Å². The molecule has 0 aromatic carbocycles. The SMILES string of the molecule is O=C1CCCN(C2CCC2)C[C@H]2CCCN12. The van der Waals surface area contributed by atoms with E-state index in [1.54, 1.807) is 0 Å². The molecule has 1 aliphatic carbocycles. The molecule has 3 aliphatic rings. The average Bonchev–Trinajstić information content (AvgIpc) is 2.60. The number of rotatable bonds is 1. The van der Waals surface area contributed by atoms with Gasteiger partial charge >= 0.3 is 0 Å². The van der Waals surface area contributed by atoms with Crippen LogP contribution in [0.2, 0.25) is 0 Å². The minimum absolute atomic E-state index is 0.413. The lowest BCUT2D eigenvalue weighted by Gasteiger charge is -2.41. The van der Waals surface area contributed by atoms with Crippen molar-refractivity contribution < 1.29 is 4.79 Å². The minimum atomic E-state index is 0.413. The lowest BCUT2D eigenvalue weighted by Crippen LogP contribution is -2.50. The van der Waals surface area contributed by atoms with Gasteiger partial charge in [-0.3, -0.25) is 9.69 Å². The van der Waals surface area contributed by atoms with Crippen molar-refractivity contribution in [2.45, 2.75) is 57.0 Å². The second kappa shape index (κ2) is 4.36. The van der Waals surface area contributed by atoms with E-state index in [1.807, 2.05) is 0 Å². The van der Waals surface area contributed by atoms with Gasteiger partial charge in [-0.15, -0.1) is 0 Å². The molecule has 90 valence electrons. The van der Waals surface area contributed by atoms with Crippen LogP contribution in [0.15, 0.2) is 0 Å². The lowest BCUT2D eigenvalue weighted by molar-refractivity contribution is -0.133. The third-order valence-electron chi connectivity index (χ3n) is 4.57. The summed E-state index contributed by atoms with van der Waals surface area (Å²) in [4.78, 5) is 16.7. The van der Waals surface area contributed by atoms with Crippen molar-refractivity contribution in [3.8, 4) is 0 Å². The Morgan fingerprint density at radius 1 is 0.938 bits per heavy atom. The van der Waals surface area contributed by atoms with Gasteiger partial charge in [0.25, 0.3) is 0 Å². The smallest absolute Gasteiger partial charge is 0.222 e. The highest BCUT2D eigenvalue weighted by Gasteiger charge is 2.34. The van der Waals surface area contributed by atoms with Crippen LogP contribution in [0, 0.1) is 0 Å². The third kappa shape index (κ3) is 1.86. The molecule has 3 nitrogen and oxygen atoms in total. The molecule has 0 aromatic rings. The Kier molecular flexibility index (Phi) is 2.88. The number of hydrogen-bond acceptors (Lipinski definition) is 2. The van der Waals surface area contributed by atoms with E-state index < -0.39 is 0 Å². The van der Waals surface area contributed by atoms with Gasteiger partial charge in [0.05, 0.1) is 0 Å². The van der Waals surface area contributed by atoms with Crippen LogP contribution >= 0.6 is 0 Å². The van der Waals surface area contributed by atoms with Crippen molar-refractivity contribution in [2.75, 3.05) is 19.6 Å². The molecule has 2 aliphatic heterocycles. The van der Waals surface area contributed by atoms with E-state index in [1.165, 1.54) is 32.1 Å². The first-order valence-electron chi connectivity index (χ1n) is 6.88. The topological polar surface area (TPSA) is 23.6 Å². The van der Waals surface area contributed by atoms with E-state index in [9.17, 15) is 4.79 Å². The van der Waals surface area contributed by atoms with Gasteiger partial charge in [0.15, 0.2) is 0 Å². The van der Waals surface area contributed by atoms with Crippen molar-refractivity contribution in [1.82, 2.24) is 9.80 Å². The van der Waals surface area contributed by atoms with Crippen LogP contribution in [-0.2, 0) is 4.79 Å². The zero-order valence-corrected chi connectivity index (χ0v) is 10.0. The van der Waals surface area contributed by atoms with Crippen molar-refractivity contribution in [1.29, 1.82) is 0 Å². The van der Waals surface area contributed by atoms with Crippen molar-refractivity contribution in [3.05, 3.63) is 0 Å². The maximum atomic E-state index is 11.9. The Morgan fingerprint density at radius 2 is 1.75 bits per heavy atom. The maximum Gasteiger partial charge on any atom is 0.222 e. The summed E-state index contributed by atoms with van der Waals surface area (Å²) < 4.78 is 0. The first-order chi connectivity index (χ1) is 7.84. The van der Waals surface area contributed by atoms with Crippen LogP contribution in [0.3, 0.4) is 0 Å². The van der Waals surface area contributed by atoms with E-state index in [0.717, 1.165) is 38.5 Å². The first-order valence-corrected chi connectivity index (χ1v) is 6.88. The van der Waals surface area contributed by atoms with E-state index in [0.29, 0.717) is 11.9 Å². The van der Waals surface area contributed by atoms with Gasteiger partial charge in [0.1, 0.15) is 0 Å². The highest BCUT2D eigenvalue weighted by Crippen LogP contribution is 2.29. The Balaban J connectivity index is 1.68. The number of nitrogens with zero attached hydrogens (tertiary/aromatic N) is 2. The van der Waals surface area contributed by atoms with Gasteiger partial charge in [-0.2, -0.15) is 0 Å². The van der Waals surface area contributed by atoms with Crippen LogP contribution in [0.5, 0.6) is 0 Å². The highest BCUT2D eigenvalue weighted by atomic mass is 16.2. The van der Waals surface area contributed by atoms with Gasteiger partial charge in [-0.25, -0.2) is 0 Å². The normalized spacial score (nSPS) is 33.1. The Labute approximate surface area is 97.8 Å². The molecule has 0 radical (unpaired) electrons. The summed E-state index contributed by atoms with van der Waals surface area (Å²) in [6.07, 6.45) is 8.48. The van der Waals surface area contributed by atoms with Crippen molar-refractivity contribution in [3.63, 3.8) is 0 Å². The van der Waals surface area contributed by atoms with E-state index >= 15 is 0 Å². The molecule has 2 heterocycles. The van der Waals surface area contributed by atoms with Gasteiger partial charge in [0, 0.05) is 31.6 Å². The zero-order valence-electron chi connectivity index (χ0n) is 10.0. The molecule has 0 N–H and O–H groups in total. The second-order valence-corrected chi connectivity index (χ2v) is 5.57. The fraction of sp³-hybridized carbons (Fsp3) is 0.923. The molecule has 3 fully saturated rings. The number of carbonyl (C=O) groups is 1. The average molecular weight is 222 g/mol. The summed E-state index contributed by atoms with van der Waals surface area (Å²) in [5, 5.41) is 0. The summed E-state index contributed by atoms with van der Waals surface area (Å²) in [5.74, 6) is 0.413. The molecule has 3 heteroatoms. The quantitative estimate of drug-likeness (QED) is 0.673. The molecule has 3 rings (SSSR count). The molecule has 2 saturated heterocycles. The summed E-state index contributed by atoms with van der Waals surface area (Å²) >= 11 is 0. The Morgan fingerprint density at radius 3 is 2.50 bits per heavy atom. The highest BCUT2D eigenvalue weighted by molar-refractivity contribution is 5.76. The molecular formula is C13H22N2O. The minimum Gasteiger partial charge on any atom is -0.338 e. The summed E-state index contributed by atoms with van der Waals surface area (Å²) in [6, 6.07) is 1.38. The molecule has 0 aromatic heterocycles. The molecular weight excluding hydrogens is 200 g/mol. The molecule has 0 bridgehead atoms. The third-order valence-corrected chi connectivity index (χ3v) is 4.57. The predicted octanol–water partition coefficient (Wildman–Crippen LogP) is 1.63. The van der Waals surface area contributed by atoms with Crippen LogP contribution < -0.4 is 0 Å². The Hall–Kier alpha value is -0.570. The lowest BCUT2D eigenvalue weighted by atomic mass is 9.90. The zero-order chi connectivity index (χ0) is 11.0. The maximum absolute atomic E-state index is 11.9. The molecule has 0 spiro atoms. The van der Waals surface area contributed by atoms with Gasteiger partial charge in [0.2, 0.25) is 5.91 Å². The van der Waals surface area contributed by atoms with Crippen LogP contribution in [0.4, 0.5) is 0 Å². The molecule has 0 unspecified atom stereocenters. The van der Waals surface area contributed by atoms with E-state index in [-0.39, 0.29) is 0 Å². The van der Waals surface area contributed by atoms with E-state index in [4.69, 9.17) is 0 Å². The predicted molar refractivity (Wildman–Crippen MR) is 63.2 cm³/mol. The largest absolute Gasteiger partial charge is 0.338 e.